The molecule has 2 N–H and O–H groups in total. The fourth-order valence-corrected chi connectivity index (χ4v) is 5.15. The molecule has 3 heterocycles. The van der Waals surface area contributed by atoms with E-state index in [1.807, 2.05) is 31.3 Å². The van der Waals surface area contributed by atoms with E-state index in [1.54, 1.807) is 22.8 Å². The van der Waals surface area contributed by atoms with Gasteiger partial charge in [0, 0.05) is 55.3 Å². The molecule has 8 nitrogen and oxygen atoms in total. The lowest BCUT2D eigenvalue weighted by molar-refractivity contribution is -0.123. The summed E-state index contributed by atoms with van der Waals surface area (Å²) in [5.74, 6) is 0.194. The first-order chi connectivity index (χ1) is 17.3. The van der Waals surface area contributed by atoms with Crippen LogP contribution in [0.15, 0.2) is 41.0 Å². The van der Waals surface area contributed by atoms with Crippen LogP contribution in [0.4, 0.5) is 0 Å². The van der Waals surface area contributed by atoms with Crippen LogP contribution in [0.2, 0.25) is 0 Å². The van der Waals surface area contributed by atoms with Gasteiger partial charge in [0.15, 0.2) is 5.72 Å². The predicted molar refractivity (Wildman–Crippen MR) is 143 cm³/mol. The first-order valence-corrected chi connectivity index (χ1v) is 13.5. The molecule has 0 saturated heterocycles. The third kappa shape index (κ3) is 5.68. The Morgan fingerprint density at radius 1 is 1.33 bits per heavy atom. The van der Waals surface area contributed by atoms with E-state index in [0.717, 1.165) is 35.5 Å². The number of hydrogen-bond donors (Lipinski definition) is 2. The number of nitrogens with zero attached hydrogens (tertiary/aromatic N) is 3. The summed E-state index contributed by atoms with van der Waals surface area (Å²) < 4.78 is 6.52. The fraction of sp³-hybridized carbons (Fsp3) is 0.481. The Hall–Kier alpha value is -3.04. The fourth-order valence-electron chi connectivity index (χ4n) is 4.62. The molecule has 2 atom stereocenters. The molecule has 2 aromatic rings. The molecule has 36 heavy (non-hydrogen) atoms. The lowest BCUT2D eigenvalue weighted by atomic mass is 9.95. The molecule has 2 amide bonds. The van der Waals surface area contributed by atoms with Gasteiger partial charge in [0.05, 0.1) is 29.2 Å². The first-order valence-electron chi connectivity index (χ1n) is 12.6. The molecule has 2 aliphatic heterocycles. The molecule has 0 aliphatic carbocycles. The average molecular weight is 510 g/mol. The van der Waals surface area contributed by atoms with Crippen molar-refractivity contribution < 1.29 is 14.3 Å². The van der Waals surface area contributed by atoms with E-state index in [2.05, 4.69) is 41.4 Å². The summed E-state index contributed by atoms with van der Waals surface area (Å²) in [6, 6.07) is 6.04. The lowest BCUT2D eigenvalue weighted by Crippen LogP contribution is -2.58. The molecule has 4 rings (SSSR count). The minimum atomic E-state index is -0.662. The van der Waals surface area contributed by atoms with Gasteiger partial charge in [-0.05, 0) is 24.6 Å². The van der Waals surface area contributed by atoms with Gasteiger partial charge in [-0.15, -0.1) is 11.3 Å². The lowest BCUT2D eigenvalue weighted by Gasteiger charge is -2.46. The summed E-state index contributed by atoms with van der Waals surface area (Å²) in [6.45, 7) is 7.57. The molecular formula is C27H35N5O3S. The number of aromatic nitrogens is 1. The summed E-state index contributed by atoms with van der Waals surface area (Å²) in [7, 11) is 1.83. The molecule has 1 aromatic heterocycles. The quantitative estimate of drug-likeness (QED) is 0.500. The predicted octanol–water partition coefficient (Wildman–Crippen LogP) is 4.24. The summed E-state index contributed by atoms with van der Waals surface area (Å²) in [6.07, 6.45) is 8.34. The summed E-state index contributed by atoms with van der Waals surface area (Å²) >= 11 is 1.51. The highest BCUT2D eigenvalue weighted by Gasteiger charge is 2.44. The van der Waals surface area contributed by atoms with Crippen LogP contribution in [-0.2, 0) is 11.3 Å². The Morgan fingerprint density at radius 2 is 2.17 bits per heavy atom. The largest absolute Gasteiger partial charge is 0.467 e. The number of carbonyl (C=O) groups is 2. The molecule has 2 aliphatic rings. The zero-order chi connectivity index (χ0) is 25.7. The Kier molecular flexibility index (Phi) is 8.21. The van der Waals surface area contributed by atoms with Gasteiger partial charge in [-0.1, -0.05) is 33.3 Å². The van der Waals surface area contributed by atoms with Gasteiger partial charge in [-0.2, -0.15) is 0 Å². The van der Waals surface area contributed by atoms with Gasteiger partial charge >= 0.3 is 0 Å². The summed E-state index contributed by atoms with van der Waals surface area (Å²) in [5, 5.41) is 6.38. The number of allylic oxidation sites excluding steroid dienone is 1. The van der Waals surface area contributed by atoms with Crippen molar-refractivity contribution in [3.8, 4) is 5.75 Å². The van der Waals surface area contributed by atoms with Crippen molar-refractivity contribution in [2.45, 2.75) is 64.8 Å². The molecule has 9 heteroatoms. The number of nitrogens with one attached hydrogen (secondary N) is 2. The van der Waals surface area contributed by atoms with Crippen molar-refractivity contribution in [1.82, 2.24) is 20.5 Å². The molecule has 2 unspecified atom stereocenters. The van der Waals surface area contributed by atoms with E-state index in [4.69, 9.17) is 4.74 Å². The number of thiazole rings is 1. The van der Waals surface area contributed by atoms with Crippen LogP contribution in [0.5, 0.6) is 5.75 Å². The molecule has 0 bridgehead atoms. The first kappa shape index (κ1) is 26.0. The van der Waals surface area contributed by atoms with Crippen molar-refractivity contribution in [2.75, 3.05) is 13.6 Å². The van der Waals surface area contributed by atoms with Crippen molar-refractivity contribution >= 4 is 35.1 Å². The van der Waals surface area contributed by atoms with Crippen molar-refractivity contribution in [3.05, 3.63) is 52.0 Å². The number of rotatable bonds is 10. The van der Waals surface area contributed by atoms with Crippen LogP contribution in [0.25, 0.3) is 5.70 Å². The van der Waals surface area contributed by atoms with Crippen molar-refractivity contribution in [2.24, 2.45) is 10.9 Å². The van der Waals surface area contributed by atoms with E-state index in [9.17, 15) is 9.59 Å². The van der Waals surface area contributed by atoms with Crippen LogP contribution < -0.4 is 15.4 Å². The summed E-state index contributed by atoms with van der Waals surface area (Å²) in [4.78, 5) is 37.3. The highest BCUT2D eigenvalue weighted by atomic mass is 32.1. The normalized spacial score (nSPS) is 21.2. The maximum Gasteiger partial charge on any atom is 0.260 e. The van der Waals surface area contributed by atoms with Gasteiger partial charge < -0.3 is 20.3 Å². The van der Waals surface area contributed by atoms with Crippen LogP contribution >= 0.6 is 11.3 Å². The Labute approximate surface area is 216 Å². The minimum absolute atomic E-state index is 0.0446. The number of aliphatic imine (C=N–C) groups is 1. The van der Waals surface area contributed by atoms with E-state index < -0.39 is 5.72 Å². The molecule has 1 aromatic carbocycles. The van der Waals surface area contributed by atoms with E-state index in [1.165, 1.54) is 11.3 Å². The van der Waals surface area contributed by atoms with Gasteiger partial charge in [-0.3, -0.25) is 19.6 Å². The van der Waals surface area contributed by atoms with E-state index in [-0.39, 0.29) is 17.7 Å². The zero-order valence-corrected chi connectivity index (χ0v) is 22.2. The van der Waals surface area contributed by atoms with Gasteiger partial charge in [0.25, 0.3) is 5.91 Å². The SMILES string of the molecule is CCCC1(CCNC(C)C)Oc2ccc(C3=CCC(C(=O)NCc4cncs4)C=N3)cc2C(=O)N1C. The van der Waals surface area contributed by atoms with Crippen LogP contribution in [-0.4, -0.2) is 53.3 Å². The van der Waals surface area contributed by atoms with Crippen molar-refractivity contribution in [1.29, 1.82) is 0 Å². The highest BCUT2D eigenvalue weighted by Crippen LogP contribution is 2.39. The summed E-state index contributed by atoms with van der Waals surface area (Å²) in [5.41, 5.74) is 3.22. The second-order valence-electron chi connectivity index (χ2n) is 9.63. The third-order valence-corrected chi connectivity index (χ3v) is 7.43. The Balaban J connectivity index is 1.45. The molecule has 0 saturated carbocycles. The third-order valence-electron chi connectivity index (χ3n) is 6.65. The maximum absolute atomic E-state index is 13.5. The second-order valence-corrected chi connectivity index (χ2v) is 10.6. The number of hydrogen-bond acceptors (Lipinski definition) is 7. The number of amides is 2. The smallest absolute Gasteiger partial charge is 0.260 e. The van der Waals surface area contributed by atoms with Gasteiger partial charge in [0.2, 0.25) is 5.91 Å². The van der Waals surface area contributed by atoms with Gasteiger partial charge in [-0.25, -0.2) is 0 Å². The zero-order valence-electron chi connectivity index (χ0n) is 21.4. The number of ether oxygens (including phenoxy) is 1. The number of fused-ring (bicyclic) bond motifs is 1. The van der Waals surface area contributed by atoms with Crippen LogP contribution in [0.3, 0.4) is 0 Å². The number of carbonyl (C=O) groups excluding carboxylic acids is 2. The molecular weight excluding hydrogens is 474 g/mol. The molecule has 192 valence electrons. The second kappa shape index (κ2) is 11.3. The maximum atomic E-state index is 13.5. The topological polar surface area (TPSA) is 95.9 Å². The molecule has 0 spiro atoms. The highest BCUT2D eigenvalue weighted by molar-refractivity contribution is 7.09. The van der Waals surface area contributed by atoms with Gasteiger partial charge in [0.1, 0.15) is 5.75 Å². The number of benzene rings is 1. The van der Waals surface area contributed by atoms with E-state index >= 15 is 0 Å². The Bertz CT molecular complexity index is 1140. The monoisotopic (exact) mass is 509 g/mol. The van der Waals surface area contributed by atoms with Crippen molar-refractivity contribution in [3.63, 3.8) is 0 Å². The van der Waals surface area contributed by atoms with E-state index in [0.29, 0.717) is 36.7 Å². The minimum Gasteiger partial charge on any atom is -0.467 e. The average Bonchev–Trinajstić information content (AvgIpc) is 3.40. The molecule has 0 radical (unpaired) electrons. The van der Waals surface area contributed by atoms with Crippen LogP contribution in [0, 0.1) is 5.92 Å². The van der Waals surface area contributed by atoms with Crippen LogP contribution in [0.1, 0.15) is 67.3 Å². The molecule has 0 fully saturated rings. The Morgan fingerprint density at radius 3 is 2.83 bits per heavy atom. The standard InChI is InChI=1S/C27H35N5O3S/c1-5-10-27(11-12-29-18(2)3)32(4)26(34)22-13-19(7-9-24(22)35-27)23-8-6-20(14-30-23)25(33)31-16-21-15-28-17-36-21/h7-9,13-15,17-18,20,29H,5-6,10-12,16H2,1-4H3,(H,31,33).